The van der Waals surface area contributed by atoms with Crippen molar-refractivity contribution in [1.82, 2.24) is 15.5 Å². The Morgan fingerprint density at radius 3 is 2.16 bits per heavy atom. The highest BCUT2D eigenvalue weighted by atomic mass is 19.1. The molecular formula is C24H35F2N3O2. The lowest BCUT2D eigenvalue weighted by Gasteiger charge is -2.48. The molecule has 1 aliphatic heterocycles. The van der Waals surface area contributed by atoms with E-state index in [1.807, 2.05) is 13.8 Å². The zero-order valence-electron chi connectivity index (χ0n) is 18.7. The number of nitrogens with one attached hydrogen (secondary N) is 2. The first-order valence-electron chi connectivity index (χ1n) is 11.6. The zero-order valence-corrected chi connectivity index (χ0v) is 18.7. The lowest BCUT2D eigenvalue weighted by molar-refractivity contribution is -0.125. The molecule has 1 aromatic carbocycles. The van der Waals surface area contributed by atoms with Crippen molar-refractivity contribution in [3.8, 4) is 0 Å². The quantitative estimate of drug-likeness (QED) is 0.680. The van der Waals surface area contributed by atoms with Gasteiger partial charge in [-0.05, 0) is 56.8 Å². The number of hydrogen-bond donors (Lipinski definition) is 2. The molecule has 0 bridgehead atoms. The molecule has 2 N–H and O–H groups in total. The molecule has 1 atom stereocenters. The van der Waals surface area contributed by atoms with Crippen LogP contribution < -0.4 is 10.6 Å². The van der Waals surface area contributed by atoms with E-state index in [2.05, 4.69) is 15.5 Å². The van der Waals surface area contributed by atoms with Crippen LogP contribution in [0.3, 0.4) is 0 Å². The summed E-state index contributed by atoms with van der Waals surface area (Å²) in [6.07, 6.45) is 9.30. The van der Waals surface area contributed by atoms with Gasteiger partial charge in [0.05, 0.1) is 0 Å². The van der Waals surface area contributed by atoms with Crippen LogP contribution in [0.5, 0.6) is 0 Å². The Balaban J connectivity index is 1.69. The van der Waals surface area contributed by atoms with Crippen LogP contribution in [-0.4, -0.2) is 47.9 Å². The molecule has 1 aliphatic carbocycles. The second-order valence-electron chi connectivity index (χ2n) is 9.34. The third-order valence-corrected chi connectivity index (χ3v) is 6.83. The van der Waals surface area contributed by atoms with Gasteiger partial charge in [0.15, 0.2) is 0 Å². The van der Waals surface area contributed by atoms with E-state index in [9.17, 15) is 18.4 Å². The summed E-state index contributed by atoms with van der Waals surface area (Å²) in [6, 6.07) is 2.41. The lowest BCUT2D eigenvalue weighted by Crippen LogP contribution is -2.60. The van der Waals surface area contributed by atoms with Crippen molar-refractivity contribution < 1.29 is 18.4 Å². The molecule has 31 heavy (non-hydrogen) atoms. The molecule has 1 saturated heterocycles. The monoisotopic (exact) mass is 435 g/mol. The molecule has 0 spiro atoms. The first-order valence-corrected chi connectivity index (χ1v) is 11.6. The number of carbonyl (C=O) groups is 2. The van der Waals surface area contributed by atoms with E-state index in [0.29, 0.717) is 6.54 Å². The van der Waals surface area contributed by atoms with E-state index >= 15 is 0 Å². The maximum absolute atomic E-state index is 14.0. The van der Waals surface area contributed by atoms with E-state index in [1.54, 1.807) is 0 Å². The Kier molecular flexibility index (Phi) is 8.03. The molecule has 1 heterocycles. The molecule has 7 heteroatoms. The van der Waals surface area contributed by atoms with Crippen LogP contribution >= 0.6 is 0 Å². The fourth-order valence-corrected chi connectivity index (χ4v) is 5.01. The summed E-state index contributed by atoms with van der Waals surface area (Å²) in [5.41, 5.74) is -0.685. The summed E-state index contributed by atoms with van der Waals surface area (Å²) >= 11 is 0. The molecular weight excluding hydrogens is 400 g/mol. The van der Waals surface area contributed by atoms with E-state index in [-0.39, 0.29) is 17.4 Å². The highest BCUT2D eigenvalue weighted by molar-refractivity contribution is 5.98. The standard InChI is InChI=1S/C24H35F2N3O2/c1-17(2)21(28-22(30)20-18(25)10-9-11-19(20)26)23(31)27-16-24(12-5-3-6-13-24)29-14-7-4-8-15-29/h9-11,17,21H,3-8,12-16H2,1-2H3,(H,27,31)(H,28,30)/t21-/m0/s1. The second-order valence-corrected chi connectivity index (χ2v) is 9.34. The van der Waals surface area contributed by atoms with Crippen LogP contribution in [0.4, 0.5) is 8.78 Å². The Hall–Kier alpha value is -2.02. The SMILES string of the molecule is CC(C)[C@H](NC(=O)c1c(F)cccc1F)C(=O)NCC1(N2CCCCC2)CCCCC1. The number of likely N-dealkylation sites (tertiary alicyclic amines) is 1. The molecule has 2 fully saturated rings. The lowest BCUT2D eigenvalue weighted by atomic mass is 9.79. The fraction of sp³-hybridized carbons (Fsp3) is 0.667. The Bertz CT molecular complexity index is 752. The topological polar surface area (TPSA) is 61.4 Å². The number of rotatable bonds is 7. The summed E-state index contributed by atoms with van der Waals surface area (Å²) in [5.74, 6) is -3.32. The third-order valence-electron chi connectivity index (χ3n) is 6.83. The van der Waals surface area contributed by atoms with Crippen molar-refractivity contribution in [2.45, 2.75) is 76.8 Å². The molecule has 2 aliphatic rings. The minimum absolute atomic E-state index is 0.0302. The fourth-order valence-electron chi connectivity index (χ4n) is 5.01. The van der Waals surface area contributed by atoms with Gasteiger partial charge >= 0.3 is 0 Å². The van der Waals surface area contributed by atoms with Crippen LogP contribution in [0.25, 0.3) is 0 Å². The average Bonchev–Trinajstić information content (AvgIpc) is 2.77. The third kappa shape index (κ3) is 5.62. The molecule has 3 rings (SSSR count). The van der Waals surface area contributed by atoms with Gasteiger partial charge in [0.1, 0.15) is 23.2 Å². The van der Waals surface area contributed by atoms with E-state index in [0.717, 1.165) is 50.9 Å². The van der Waals surface area contributed by atoms with E-state index in [4.69, 9.17) is 0 Å². The predicted molar refractivity (Wildman–Crippen MR) is 117 cm³/mol. The van der Waals surface area contributed by atoms with Gasteiger partial charge in [-0.1, -0.05) is 45.6 Å². The van der Waals surface area contributed by atoms with Crippen molar-refractivity contribution in [3.63, 3.8) is 0 Å². The van der Waals surface area contributed by atoms with E-state index < -0.39 is 29.1 Å². The molecule has 1 aromatic rings. The minimum atomic E-state index is -0.938. The van der Waals surface area contributed by atoms with Gasteiger partial charge in [-0.3, -0.25) is 14.5 Å². The van der Waals surface area contributed by atoms with Gasteiger partial charge in [0.2, 0.25) is 5.91 Å². The van der Waals surface area contributed by atoms with Gasteiger partial charge in [-0.15, -0.1) is 0 Å². The highest BCUT2D eigenvalue weighted by Gasteiger charge is 2.39. The van der Waals surface area contributed by atoms with Gasteiger partial charge in [0, 0.05) is 12.1 Å². The number of hydrogen-bond acceptors (Lipinski definition) is 3. The summed E-state index contributed by atoms with van der Waals surface area (Å²) in [7, 11) is 0. The number of halogens is 2. The maximum Gasteiger partial charge on any atom is 0.257 e. The molecule has 1 saturated carbocycles. The van der Waals surface area contributed by atoms with Crippen LogP contribution in [0.15, 0.2) is 18.2 Å². The summed E-state index contributed by atoms with van der Waals surface area (Å²) in [6.45, 7) is 6.28. The van der Waals surface area contributed by atoms with Crippen LogP contribution in [0, 0.1) is 17.6 Å². The Morgan fingerprint density at radius 2 is 1.58 bits per heavy atom. The maximum atomic E-state index is 14.0. The molecule has 2 amide bonds. The highest BCUT2D eigenvalue weighted by Crippen LogP contribution is 2.35. The molecule has 0 aromatic heterocycles. The van der Waals surface area contributed by atoms with Gasteiger partial charge in [-0.25, -0.2) is 8.78 Å². The smallest absolute Gasteiger partial charge is 0.257 e. The van der Waals surface area contributed by atoms with E-state index in [1.165, 1.54) is 31.7 Å². The zero-order chi connectivity index (χ0) is 22.4. The molecule has 0 radical (unpaired) electrons. The van der Waals surface area contributed by atoms with Crippen LogP contribution in [-0.2, 0) is 4.79 Å². The average molecular weight is 436 g/mol. The Labute approximate surface area is 184 Å². The van der Waals surface area contributed by atoms with Crippen molar-refractivity contribution in [2.75, 3.05) is 19.6 Å². The largest absolute Gasteiger partial charge is 0.352 e. The Morgan fingerprint density at radius 1 is 1.00 bits per heavy atom. The second kappa shape index (κ2) is 10.5. The molecule has 0 unspecified atom stereocenters. The number of carbonyl (C=O) groups excluding carboxylic acids is 2. The predicted octanol–water partition coefficient (Wildman–Crippen LogP) is 4.02. The van der Waals surface area contributed by atoms with Crippen LogP contribution in [0.2, 0.25) is 0 Å². The molecule has 172 valence electrons. The first kappa shape index (κ1) is 23.6. The van der Waals surface area contributed by atoms with Gasteiger partial charge in [0.25, 0.3) is 5.91 Å². The van der Waals surface area contributed by atoms with Crippen molar-refractivity contribution in [2.24, 2.45) is 5.92 Å². The normalized spacial score (nSPS) is 20.3. The summed E-state index contributed by atoms with van der Waals surface area (Å²) in [4.78, 5) is 28.1. The first-order chi connectivity index (χ1) is 14.8. The van der Waals surface area contributed by atoms with Crippen molar-refractivity contribution >= 4 is 11.8 Å². The number of piperidine rings is 1. The van der Waals surface area contributed by atoms with Gasteiger partial charge < -0.3 is 10.6 Å². The minimum Gasteiger partial charge on any atom is -0.352 e. The molecule has 5 nitrogen and oxygen atoms in total. The number of amides is 2. The number of benzene rings is 1. The number of nitrogens with zero attached hydrogens (tertiary/aromatic N) is 1. The summed E-state index contributed by atoms with van der Waals surface area (Å²) in [5, 5.41) is 5.62. The van der Waals surface area contributed by atoms with Crippen LogP contribution in [0.1, 0.15) is 75.6 Å². The van der Waals surface area contributed by atoms with Crippen molar-refractivity contribution in [1.29, 1.82) is 0 Å². The van der Waals surface area contributed by atoms with Crippen molar-refractivity contribution in [3.05, 3.63) is 35.4 Å². The van der Waals surface area contributed by atoms with Gasteiger partial charge in [-0.2, -0.15) is 0 Å². The summed E-state index contributed by atoms with van der Waals surface area (Å²) < 4.78 is 28.0.